The molecule has 3 aromatic rings. The molecule has 0 unspecified atom stereocenters. The van der Waals surface area contributed by atoms with E-state index in [0.717, 1.165) is 15.2 Å². The highest BCUT2D eigenvalue weighted by Gasteiger charge is 2.09. The lowest BCUT2D eigenvalue weighted by Gasteiger charge is -2.09. The summed E-state index contributed by atoms with van der Waals surface area (Å²) in [4.78, 5) is 15.5. The summed E-state index contributed by atoms with van der Waals surface area (Å²) in [6.45, 7) is 1.52. The highest BCUT2D eigenvalue weighted by Crippen LogP contribution is 2.35. The smallest absolute Gasteiger partial charge is 0.219 e. The molecule has 0 amide bonds. The average molecular weight is 342 g/mol. The standard InChI is InChI=1S/C17H12BrNO2/c1-11(20)13-8-9-19-16(10-13)21-15-7-6-12-4-2-3-5-14(12)17(15)18/h2-10H,1H3. The van der Waals surface area contributed by atoms with Gasteiger partial charge in [0.15, 0.2) is 5.78 Å². The highest BCUT2D eigenvalue weighted by molar-refractivity contribution is 9.10. The van der Waals surface area contributed by atoms with E-state index in [1.54, 1.807) is 18.3 Å². The Morgan fingerprint density at radius 3 is 2.76 bits per heavy atom. The van der Waals surface area contributed by atoms with Gasteiger partial charge in [-0.1, -0.05) is 30.3 Å². The van der Waals surface area contributed by atoms with E-state index in [9.17, 15) is 4.79 Å². The Kier molecular flexibility index (Phi) is 3.71. The molecule has 0 bridgehead atoms. The molecule has 104 valence electrons. The number of aromatic nitrogens is 1. The number of carbonyl (C=O) groups is 1. The first-order valence-corrected chi connectivity index (χ1v) is 7.26. The Labute approximate surface area is 130 Å². The normalized spacial score (nSPS) is 10.6. The van der Waals surface area contributed by atoms with Gasteiger partial charge in [0.2, 0.25) is 5.88 Å². The van der Waals surface area contributed by atoms with E-state index in [4.69, 9.17) is 4.74 Å². The van der Waals surface area contributed by atoms with Gasteiger partial charge >= 0.3 is 0 Å². The Morgan fingerprint density at radius 1 is 1.14 bits per heavy atom. The monoisotopic (exact) mass is 341 g/mol. The van der Waals surface area contributed by atoms with Crippen molar-refractivity contribution in [3.05, 3.63) is 64.8 Å². The molecule has 0 saturated carbocycles. The molecule has 1 aromatic heterocycles. The highest BCUT2D eigenvalue weighted by atomic mass is 79.9. The molecule has 0 spiro atoms. The third kappa shape index (κ3) is 2.81. The fourth-order valence-corrected chi connectivity index (χ4v) is 2.66. The number of hydrogen-bond acceptors (Lipinski definition) is 3. The van der Waals surface area contributed by atoms with E-state index >= 15 is 0 Å². The molecule has 21 heavy (non-hydrogen) atoms. The summed E-state index contributed by atoms with van der Waals surface area (Å²) in [5.41, 5.74) is 0.580. The van der Waals surface area contributed by atoms with Crippen molar-refractivity contribution in [2.45, 2.75) is 6.92 Å². The lowest BCUT2D eigenvalue weighted by Crippen LogP contribution is -1.95. The number of rotatable bonds is 3. The van der Waals surface area contributed by atoms with Crippen LogP contribution in [-0.4, -0.2) is 10.8 Å². The van der Waals surface area contributed by atoms with Crippen LogP contribution in [0, 0.1) is 0 Å². The Hall–Kier alpha value is -2.20. The van der Waals surface area contributed by atoms with Crippen LogP contribution in [0.5, 0.6) is 11.6 Å². The van der Waals surface area contributed by atoms with Crippen molar-refractivity contribution in [1.82, 2.24) is 4.98 Å². The second kappa shape index (κ2) is 5.66. The second-order valence-corrected chi connectivity index (χ2v) is 5.43. The minimum atomic E-state index is -0.0140. The van der Waals surface area contributed by atoms with Gasteiger partial charge in [0, 0.05) is 17.8 Å². The van der Waals surface area contributed by atoms with E-state index in [1.807, 2.05) is 36.4 Å². The Balaban J connectivity index is 2.00. The van der Waals surface area contributed by atoms with Gasteiger partial charge in [0.1, 0.15) is 5.75 Å². The summed E-state index contributed by atoms with van der Waals surface area (Å²) in [7, 11) is 0. The number of hydrogen-bond donors (Lipinski definition) is 0. The number of carbonyl (C=O) groups excluding carboxylic acids is 1. The number of fused-ring (bicyclic) bond motifs is 1. The molecule has 0 fully saturated rings. The van der Waals surface area contributed by atoms with Crippen LogP contribution in [0.2, 0.25) is 0 Å². The molecule has 4 heteroatoms. The molecule has 0 radical (unpaired) electrons. The fraction of sp³-hybridized carbons (Fsp3) is 0.0588. The van der Waals surface area contributed by atoms with Crippen LogP contribution >= 0.6 is 15.9 Å². The summed E-state index contributed by atoms with van der Waals surface area (Å²) < 4.78 is 6.67. The van der Waals surface area contributed by atoms with E-state index in [-0.39, 0.29) is 5.78 Å². The van der Waals surface area contributed by atoms with Gasteiger partial charge in [-0.2, -0.15) is 0 Å². The number of pyridine rings is 1. The largest absolute Gasteiger partial charge is 0.438 e. The van der Waals surface area contributed by atoms with Crippen LogP contribution in [-0.2, 0) is 0 Å². The number of benzene rings is 2. The number of ketones is 1. The van der Waals surface area contributed by atoms with Crippen LogP contribution < -0.4 is 4.74 Å². The zero-order valence-corrected chi connectivity index (χ0v) is 12.9. The quantitative estimate of drug-likeness (QED) is 0.630. The molecule has 1 heterocycles. The van der Waals surface area contributed by atoms with Gasteiger partial charge in [-0.15, -0.1) is 0 Å². The van der Waals surface area contributed by atoms with Gasteiger partial charge in [-0.3, -0.25) is 4.79 Å². The molecule has 0 atom stereocenters. The zero-order valence-electron chi connectivity index (χ0n) is 11.3. The molecule has 0 aliphatic carbocycles. The maximum absolute atomic E-state index is 11.4. The molecule has 0 aliphatic rings. The van der Waals surface area contributed by atoms with Crippen molar-refractivity contribution < 1.29 is 9.53 Å². The first kappa shape index (κ1) is 13.8. The van der Waals surface area contributed by atoms with Crippen LogP contribution in [0.1, 0.15) is 17.3 Å². The summed E-state index contributed by atoms with van der Waals surface area (Å²) in [5.74, 6) is 1.06. The van der Waals surface area contributed by atoms with Crippen molar-refractivity contribution in [1.29, 1.82) is 0 Å². The summed E-state index contributed by atoms with van der Waals surface area (Å²) >= 11 is 3.57. The SMILES string of the molecule is CC(=O)c1ccnc(Oc2ccc3ccccc3c2Br)c1. The molecule has 2 aromatic carbocycles. The van der Waals surface area contributed by atoms with E-state index in [1.165, 1.54) is 6.92 Å². The van der Waals surface area contributed by atoms with Crippen LogP contribution in [0.25, 0.3) is 10.8 Å². The molecular weight excluding hydrogens is 330 g/mol. The van der Waals surface area contributed by atoms with Crippen molar-refractivity contribution >= 4 is 32.5 Å². The lowest BCUT2D eigenvalue weighted by molar-refractivity contribution is 0.101. The van der Waals surface area contributed by atoms with Crippen molar-refractivity contribution in [2.75, 3.05) is 0 Å². The molecular formula is C17H12BrNO2. The first-order valence-electron chi connectivity index (χ1n) is 6.47. The predicted octanol–water partition coefficient (Wildman–Crippen LogP) is 4.99. The molecule has 0 saturated heterocycles. The van der Waals surface area contributed by atoms with Gasteiger partial charge in [0.25, 0.3) is 0 Å². The summed E-state index contributed by atoms with van der Waals surface area (Å²) in [5, 5.41) is 2.19. The van der Waals surface area contributed by atoms with Crippen LogP contribution in [0.3, 0.4) is 0 Å². The Morgan fingerprint density at radius 2 is 1.95 bits per heavy atom. The summed E-state index contributed by atoms with van der Waals surface area (Å²) in [6.07, 6.45) is 1.57. The third-order valence-electron chi connectivity index (χ3n) is 3.18. The Bertz CT molecular complexity index is 830. The van der Waals surface area contributed by atoms with Crippen molar-refractivity contribution in [3.63, 3.8) is 0 Å². The number of Topliss-reactive ketones (excluding diaryl/α,β-unsaturated/α-hetero) is 1. The average Bonchev–Trinajstić information content (AvgIpc) is 2.51. The topological polar surface area (TPSA) is 39.2 Å². The molecule has 0 aliphatic heterocycles. The van der Waals surface area contributed by atoms with E-state index < -0.39 is 0 Å². The van der Waals surface area contributed by atoms with Gasteiger partial charge < -0.3 is 4.74 Å². The summed E-state index contributed by atoms with van der Waals surface area (Å²) in [6, 6.07) is 15.2. The van der Waals surface area contributed by atoms with E-state index in [0.29, 0.717) is 17.2 Å². The van der Waals surface area contributed by atoms with Gasteiger partial charge in [0.05, 0.1) is 4.47 Å². The van der Waals surface area contributed by atoms with Crippen LogP contribution in [0.15, 0.2) is 59.2 Å². The van der Waals surface area contributed by atoms with Crippen molar-refractivity contribution in [3.8, 4) is 11.6 Å². The van der Waals surface area contributed by atoms with Crippen molar-refractivity contribution in [2.24, 2.45) is 0 Å². The number of nitrogens with zero attached hydrogens (tertiary/aromatic N) is 1. The van der Waals surface area contributed by atoms with Gasteiger partial charge in [-0.25, -0.2) is 4.98 Å². The minimum absolute atomic E-state index is 0.0140. The number of halogens is 1. The molecule has 0 N–H and O–H groups in total. The maximum Gasteiger partial charge on any atom is 0.219 e. The predicted molar refractivity (Wildman–Crippen MR) is 86.0 cm³/mol. The first-order chi connectivity index (χ1) is 10.1. The lowest BCUT2D eigenvalue weighted by atomic mass is 10.1. The molecule has 3 nitrogen and oxygen atoms in total. The molecule has 3 rings (SSSR count). The third-order valence-corrected chi connectivity index (χ3v) is 4.00. The van der Waals surface area contributed by atoms with E-state index in [2.05, 4.69) is 20.9 Å². The van der Waals surface area contributed by atoms with Crippen LogP contribution in [0.4, 0.5) is 0 Å². The minimum Gasteiger partial charge on any atom is -0.438 e. The maximum atomic E-state index is 11.4. The fourth-order valence-electron chi connectivity index (χ4n) is 2.09. The number of ether oxygens (including phenoxy) is 1. The second-order valence-electron chi connectivity index (χ2n) is 4.64. The van der Waals surface area contributed by atoms with Gasteiger partial charge in [-0.05, 0) is 45.8 Å². The zero-order chi connectivity index (χ0) is 14.8.